The van der Waals surface area contributed by atoms with Crippen LogP contribution in [0, 0.1) is 10.1 Å². The van der Waals surface area contributed by atoms with Crippen LogP contribution < -0.4 is 10.6 Å². The molecule has 0 unspecified atom stereocenters. The highest BCUT2D eigenvalue weighted by Gasteiger charge is 2.20. The van der Waals surface area contributed by atoms with Crippen molar-refractivity contribution in [2.24, 2.45) is 0 Å². The average Bonchev–Trinajstić information content (AvgIpc) is 3.05. The molecule has 2 rings (SSSR count). The van der Waals surface area contributed by atoms with Crippen molar-refractivity contribution in [3.05, 3.63) is 51.3 Å². The highest BCUT2D eigenvalue weighted by Crippen LogP contribution is 2.28. The van der Waals surface area contributed by atoms with Crippen molar-refractivity contribution in [1.82, 2.24) is 0 Å². The molecule has 0 radical (unpaired) electrons. The van der Waals surface area contributed by atoms with Crippen LogP contribution in [-0.4, -0.2) is 27.8 Å². The molecule has 0 atom stereocenters. The van der Waals surface area contributed by atoms with E-state index in [1.807, 2.05) is 0 Å². The minimum Gasteiger partial charge on any atom is -0.478 e. The number of nitrogens with one attached hydrogen (secondary N) is 2. The minimum atomic E-state index is -1.28. The third-order valence-corrected chi connectivity index (χ3v) is 3.39. The largest absolute Gasteiger partial charge is 0.478 e. The SMILES string of the molecule is CCc1cc(NC(=O)c2ccc([N+](=O)[O-])o2)cc(C(=O)O)c1NC(C)=O. The van der Waals surface area contributed by atoms with Gasteiger partial charge in [-0.1, -0.05) is 6.92 Å². The van der Waals surface area contributed by atoms with Crippen LogP contribution in [-0.2, 0) is 11.2 Å². The third kappa shape index (κ3) is 4.04. The first-order valence-corrected chi connectivity index (χ1v) is 7.46. The van der Waals surface area contributed by atoms with Crippen molar-refractivity contribution in [3.8, 4) is 0 Å². The normalized spacial score (nSPS) is 10.2. The lowest BCUT2D eigenvalue weighted by atomic mass is 10.0. The molecule has 0 saturated carbocycles. The molecule has 0 spiro atoms. The molecule has 0 bridgehead atoms. The molecule has 0 fully saturated rings. The molecule has 0 aliphatic heterocycles. The zero-order valence-corrected chi connectivity index (χ0v) is 13.9. The number of carboxylic acid groups (broad SMARTS) is 1. The number of carbonyl (C=O) groups is 3. The molecular formula is C16H15N3O7. The maximum Gasteiger partial charge on any atom is 0.433 e. The van der Waals surface area contributed by atoms with Gasteiger partial charge in [-0.2, -0.15) is 0 Å². The number of aryl methyl sites for hydroxylation is 1. The summed E-state index contributed by atoms with van der Waals surface area (Å²) in [4.78, 5) is 44.8. The number of hydrogen-bond donors (Lipinski definition) is 3. The van der Waals surface area contributed by atoms with Gasteiger partial charge in [0.25, 0.3) is 5.91 Å². The third-order valence-electron chi connectivity index (χ3n) is 3.39. The van der Waals surface area contributed by atoms with Gasteiger partial charge in [0.05, 0.1) is 17.3 Å². The number of nitro groups is 1. The first-order chi connectivity index (χ1) is 12.2. The van der Waals surface area contributed by atoms with Crippen LogP contribution in [0.25, 0.3) is 0 Å². The standard InChI is InChI=1S/C16H15N3O7/c1-3-9-6-10(7-11(16(22)23)14(9)17-8(2)20)18-15(21)12-4-5-13(26-12)19(24)25/h4-7H,3H2,1-2H3,(H,17,20)(H,18,21)(H,22,23). The lowest BCUT2D eigenvalue weighted by Crippen LogP contribution is -2.16. The topological polar surface area (TPSA) is 152 Å². The van der Waals surface area contributed by atoms with Crippen molar-refractivity contribution >= 4 is 35.0 Å². The van der Waals surface area contributed by atoms with Crippen LogP contribution in [0.2, 0.25) is 0 Å². The summed E-state index contributed by atoms with van der Waals surface area (Å²) in [5.74, 6) is -3.37. The molecule has 1 aromatic carbocycles. The number of amides is 2. The molecule has 3 N–H and O–H groups in total. The zero-order valence-electron chi connectivity index (χ0n) is 13.9. The summed E-state index contributed by atoms with van der Waals surface area (Å²) < 4.78 is 4.81. The number of carboxylic acids is 1. The van der Waals surface area contributed by atoms with Crippen LogP contribution >= 0.6 is 0 Å². The van der Waals surface area contributed by atoms with Crippen LogP contribution in [0.4, 0.5) is 17.3 Å². The Morgan fingerprint density at radius 1 is 1.23 bits per heavy atom. The minimum absolute atomic E-state index is 0.150. The molecule has 2 aromatic rings. The molecule has 0 aliphatic carbocycles. The van der Waals surface area contributed by atoms with Crippen LogP contribution in [0.3, 0.4) is 0 Å². The number of rotatable bonds is 6. The van der Waals surface area contributed by atoms with Crippen molar-refractivity contribution in [3.63, 3.8) is 0 Å². The summed E-state index contributed by atoms with van der Waals surface area (Å²) in [5.41, 5.74) is 0.609. The molecule has 10 heteroatoms. The van der Waals surface area contributed by atoms with E-state index in [-0.39, 0.29) is 22.7 Å². The Bertz CT molecular complexity index is 901. The summed E-state index contributed by atoms with van der Waals surface area (Å²) in [6.45, 7) is 3.01. The number of aromatic carboxylic acids is 1. The first-order valence-electron chi connectivity index (χ1n) is 7.46. The molecule has 2 amide bonds. The number of hydrogen-bond acceptors (Lipinski definition) is 6. The van der Waals surface area contributed by atoms with Crippen LogP contribution in [0.15, 0.2) is 28.7 Å². The van der Waals surface area contributed by atoms with Gasteiger partial charge < -0.3 is 20.2 Å². The summed E-state index contributed by atoms with van der Waals surface area (Å²) >= 11 is 0. The van der Waals surface area contributed by atoms with Crippen molar-refractivity contribution in [1.29, 1.82) is 0 Å². The molecular weight excluding hydrogens is 346 g/mol. The van der Waals surface area contributed by atoms with E-state index in [4.69, 9.17) is 4.42 Å². The van der Waals surface area contributed by atoms with Crippen LogP contribution in [0.5, 0.6) is 0 Å². The molecule has 26 heavy (non-hydrogen) atoms. The number of benzene rings is 1. The van der Waals surface area contributed by atoms with Gasteiger partial charge in [0.2, 0.25) is 5.91 Å². The van der Waals surface area contributed by atoms with Gasteiger partial charge in [0, 0.05) is 12.6 Å². The second-order valence-electron chi connectivity index (χ2n) is 5.25. The van der Waals surface area contributed by atoms with E-state index in [1.54, 1.807) is 6.92 Å². The predicted octanol–water partition coefficient (Wildman–Crippen LogP) is 2.66. The van der Waals surface area contributed by atoms with E-state index in [0.29, 0.717) is 12.0 Å². The summed E-state index contributed by atoms with van der Waals surface area (Å²) in [6.07, 6.45) is 0.395. The number of anilines is 2. The molecule has 0 aliphatic rings. The number of furan rings is 1. The monoisotopic (exact) mass is 361 g/mol. The van der Waals surface area contributed by atoms with Gasteiger partial charge in [-0.05, 0) is 30.2 Å². The fraction of sp³-hybridized carbons (Fsp3) is 0.188. The highest BCUT2D eigenvalue weighted by atomic mass is 16.6. The Labute approximate surface area is 147 Å². The fourth-order valence-electron chi connectivity index (χ4n) is 2.29. The van der Waals surface area contributed by atoms with Gasteiger partial charge in [0.1, 0.15) is 4.92 Å². The van der Waals surface area contributed by atoms with Gasteiger partial charge in [-0.3, -0.25) is 19.7 Å². The predicted molar refractivity (Wildman–Crippen MR) is 90.4 cm³/mol. The van der Waals surface area contributed by atoms with Gasteiger partial charge in [0.15, 0.2) is 5.76 Å². The lowest BCUT2D eigenvalue weighted by Gasteiger charge is -2.14. The van der Waals surface area contributed by atoms with Gasteiger partial charge in [-0.25, -0.2) is 4.79 Å². The summed E-state index contributed by atoms with van der Waals surface area (Å²) in [6, 6.07) is 4.86. The summed E-state index contributed by atoms with van der Waals surface area (Å²) in [5, 5.41) is 24.9. The van der Waals surface area contributed by atoms with E-state index in [2.05, 4.69) is 10.6 Å². The second kappa shape index (κ2) is 7.47. The molecule has 1 aromatic heterocycles. The zero-order chi connectivity index (χ0) is 19.4. The molecule has 136 valence electrons. The van der Waals surface area contributed by atoms with E-state index < -0.39 is 28.6 Å². The van der Waals surface area contributed by atoms with E-state index in [9.17, 15) is 29.6 Å². The maximum absolute atomic E-state index is 12.1. The number of carbonyl (C=O) groups excluding carboxylic acids is 2. The smallest absolute Gasteiger partial charge is 0.433 e. The Morgan fingerprint density at radius 2 is 1.92 bits per heavy atom. The number of nitrogens with zero attached hydrogens (tertiary/aromatic N) is 1. The van der Waals surface area contributed by atoms with E-state index in [0.717, 1.165) is 12.1 Å². The quantitative estimate of drug-likeness (QED) is 0.528. The van der Waals surface area contributed by atoms with Crippen molar-refractivity contribution in [2.75, 3.05) is 10.6 Å². The first kappa shape index (κ1) is 18.6. The summed E-state index contributed by atoms with van der Waals surface area (Å²) in [7, 11) is 0. The van der Waals surface area contributed by atoms with E-state index in [1.165, 1.54) is 19.1 Å². The lowest BCUT2D eigenvalue weighted by molar-refractivity contribution is -0.402. The Balaban J connectivity index is 2.38. The Kier molecular flexibility index (Phi) is 5.36. The van der Waals surface area contributed by atoms with Crippen molar-refractivity contribution in [2.45, 2.75) is 20.3 Å². The van der Waals surface area contributed by atoms with Gasteiger partial charge in [-0.15, -0.1) is 0 Å². The van der Waals surface area contributed by atoms with Crippen molar-refractivity contribution < 1.29 is 28.8 Å². The molecule has 10 nitrogen and oxygen atoms in total. The van der Waals surface area contributed by atoms with Crippen LogP contribution in [0.1, 0.15) is 40.3 Å². The second-order valence-corrected chi connectivity index (χ2v) is 5.25. The Hall–Kier alpha value is -3.69. The molecule has 1 heterocycles. The van der Waals surface area contributed by atoms with E-state index >= 15 is 0 Å². The van der Waals surface area contributed by atoms with Gasteiger partial charge >= 0.3 is 11.9 Å². The molecule has 0 saturated heterocycles. The average molecular weight is 361 g/mol. The Morgan fingerprint density at radius 3 is 2.42 bits per heavy atom. The highest BCUT2D eigenvalue weighted by molar-refractivity contribution is 6.05. The fourth-order valence-corrected chi connectivity index (χ4v) is 2.29. The maximum atomic E-state index is 12.1.